The van der Waals surface area contributed by atoms with Gasteiger partial charge in [-0.3, -0.25) is 0 Å². The van der Waals surface area contributed by atoms with E-state index >= 15 is 0 Å². The zero-order valence-corrected chi connectivity index (χ0v) is 9.55. The maximum Gasteiger partial charge on any atom is 0.161 e. The Kier molecular flexibility index (Phi) is 3.36. The summed E-state index contributed by atoms with van der Waals surface area (Å²) in [5, 5.41) is 18.0. The van der Waals surface area contributed by atoms with Crippen molar-refractivity contribution in [1.82, 2.24) is 0 Å². The lowest BCUT2D eigenvalue weighted by Crippen LogP contribution is -2.26. The summed E-state index contributed by atoms with van der Waals surface area (Å²) in [6.45, 7) is 2.00. The first-order chi connectivity index (χ1) is 6.99. The molecule has 1 aliphatic heterocycles. The van der Waals surface area contributed by atoms with E-state index in [4.69, 9.17) is 10.5 Å². The maximum absolute atomic E-state index is 11.4. The van der Waals surface area contributed by atoms with Gasteiger partial charge in [0.05, 0.1) is 23.6 Å². The molecule has 4 nitrogen and oxygen atoms in total. The average molecular weight is 226 g/mol. The fourth-order valence-electron chi connectivity index (χ4n) is 2.02. The van der Waals surface area contributed by atoms with Crippen molar-refractivity contribution in [2.24, 2.45) is 11.3 Å². The van der Waals surface area contributed by atoms with Crippen molar-refractivity contribution >= 4 is 9.84 Å². The summed E-state index contributed by atoms with van der Waals surface area (Å²) < 4.78 is 22.9. The molecule has 1 fully saturated rings. The number of sulfone groups is 1. The minimum atomic E-state index is -3.20. The monoisotopic (exact) mass is 226 g/mol. The molecule has 1 saturated heterocycles. The number of hydrogen-bond donors (Lipinski definition) is 0. The average Bonchev–Trinajstić information content (AvgIpc) is 2.47. The van der Waals surface area contributed by atoms with Gasteiger partial charge in [-0.15, -0.1) is 0 Å². The van der Waals surface area contributed by atoms with Crippen LogP contribution in [-0.4, -0.2) is 19.9 Å². The van der Waals surface area contributed by atoms with E-state index in [9.17, 15) is 8.42 Å². The normalized spacial score (nSPS) is 26.7. The lowest BCUT2D eigenvalue weighted by Gasteiger charge is -2.18. The van der Waals surface area contributed by atoms with E-state index in [2.05, 4.69) is 0 Å². The molecule has 0 aromatic carbocycles. The second-order valence-corrected chi connectivity index (χ2v) is 6.20. The molecule has 0 aromatic rings. The van der Waals surface area contributed by atoms with Crippen LogP contribution >= 0.6 is 0 Å². The van der Waals surface area contributed by atoms with Gasteiger partial charge in [0, 0.05) is 5.92 Å². The highest BCUT2D eigenvalue weighted by atomic mass is 32.2. The van der Waals surface area contributed by atoms with Crippen molar-refractivity contribution in [3.05, 3.63) is 0 Å². The van der Waals surface area contributed by atoms with Gasteiger partial charge >= 0.3 is 0 Å². The van der Waals surface area contributed by atoms with Crippen LogP contribution in [0.15, 0.2) is 0 Å². The number of rotatable bonds is 3. The molecule has 0 aromatic heterocycles. The second kappa shape index (κ2) is 4.20. The molecular formula is C10H14N2O2S. The van der Waals surface area contributed by atoms with Gasteiger partial charge in [-0.05, 0) is 6.42 Å². The van der Waals surface area contributed by atoms with Crippen LogP contribution in [0.25, 0.3) is 0 Å². The Bertz CT molecular complexity index is 400. The van der Waals surface area contributed by atoms with Gasteiger partial charge in [-0.1, -0.05) is 19.8 Å². The summed E-state index contributed by atoms with van der Waals surface area (Å²) in [4.78, 5) is 0. The second-order valence-electron chi connectivity index (χ2n) is 4.09. The van der Waals surface area contributed by atoms with Crippen LogP contribution in [0.5, 0.6) is 0 Å². The summed E-state index contributed by atoms with van der Waals surface area (Å²) in [6, 6.07) is 3.80. The van der Waals surface area contributed by atoms with Crippen molar-refractivity contribution < 1.29 is 8.42 Å². The highest BCUT2D eigenvalue weighted by Crippen LogP contribution is 2.39. The fraction of sp³-hybridized carbons (Fsp3) is 0.800. The van der Waals surface area contributed by atoms with E-state index in [1.54, 1.807) is 0 Å². The predicted octanol–water partition coefficient (Wildman–Crippen LogP) is 1.25. The highest BCUT2D eigenvalue weighted by Gasteiger charge is 2.51. The molecule has 15 heavy (non-hydrogen) atoms. The van der Waals surface area contributed by atoms with Crippen LogP contribution < -0.4 is 0 Å². The number of unbranched alkanes of at least 4 members (excludes halogenated alkanes) is 1. The van der Waals surface area contributed by atoms with E-state index in [1.807, 2.05) is 19.1 Å². The van der Waals surface area contributed by atoms with E-state index in [0.717, 1.165) is 12.8 Å². The van der Waals surface area contributed by atoms with Gasteiger partial charge in [0.15, 0.2) is 15.3 Å². The standard InChI is InChI=1S/C10H14N2O2S/c1-2-3-4-9-5-15(13,14)8-10(9,6-11)7-12/h9H,2-5,8H2,1H3. The van der Waals surface area contributed by atoms with E-state index in [-0.39, 0.29) is 17.4 Å². The Hall–Kier alpha value is -1.07. The Morgan fingerprint density at radius 2 is 2.00 bits per heavy atom. The summed E-state index contributed by atoms with van der Waals surface area (Å²) in [5.41, 5.74) is -1.30. The first kappa shape index (κ1) is 12.0. The third-order valence-electron chi connectivity index (χ3n) is 2.90. The zero-order chi connectivity index (χ0) is 11.5. The van der Waals surface area contributed by atoms with E-state index in [1.165, 1.54) is 0 Å². The van der Waals surface area contributed by atoms with E-state index < -0.39 is 15.3 Å². The largest absolute Gasteiger partial charge is 0.229 e. The molecule has 0 N–H and O–H groups in total. The van der Waals surface area contributed by atoms with Crippen molar-refractivity contribution in [2.75, 3.05) is 11.5 Å². The predicted molar refractivity (Wildman–Crippen MR) is 55.3 cm³/mol. The van der Waals surface area contributed by atoms with Gasteiger partial charge in [-0.2, -0.15) is 10.5 Å². The van der Waals surface area contributed by atoms with Crippen LogP contribution in [-0.2, 0) is 9.84 Å². The molecular weight excluding hydrogens is 212 g/mol. The van der Waals surface area contributed by atoms with Crippen molar-refractivity contribution in [3.63, 3.8) is 0 Å². The molecule has 82 valence electrons. The van der Waals surface area contributed by atoms with Crippen molar-refractivity contribution in [1.29, 1.82) is 10.5 Å². The zero-order valence-electron chi connectivity index (χ0n) is 8.73. The molecule has 1 unspecified atom stereocenters. The van der Waals surface area contributed by atoms with Crippen LogP contribution in [0, 0.1) is 34.0 Å². The summed E-state index contributed by atoms with van der Waals surface area (Å²) in [7, 11) is -3.20. The van der Waals surface area contributed by atoms with Gasteiger partial charge < -0.3 is 0 Å². The Balaban J connectivity index is 2.95. The molecule has 0 amide bonds. The molecule has 0 spiro atoms. The Labute approximate surface area is 90.4 Å². The third kappa shape index (κ3) is 2.30. The summed E-state index contributed by atoms with van der Waals surface area (Å²) in [6.07, 6.45) is 2.46. The number of nitrogens with zero attached hydrogens (tertiary/aromatic N) is 2. The first-order valence-corrected chi connectivity index (χ1v) is 6.85. The van der Waals surface area contributed by atoms with Crippen molar-refractivity contribution in [3.8, 4) is 12.1 Å². The van der Waals surface area contributed by atoms with Crippen molar-refractivity contribution in [2.45, 2.75) is 26.2 Å². The Morgan fingerprint density at radius 3 is 2.47 bits per heavy atom. The van der Waals surface area contributed by atoms with Gasteiger partial charge in [0.25, 0.3) is 0 Å². The van der Waals surface area contributed by atoms with E-state index in [0.29, 0.717) is 6.42 Å². The quantitative estimate of drug-likeness (QED) is 0.725. The Morgan fingerprint density at radius 1 is 1.40 bits per heavy atom. The minimum absolute atomic E-state index is 0.00583. The van der Waals surface area contributed by atoms with Gasteiger partial charge in [0.2, 0.25) is 0 Å². The number of nitriles is 2. The molecule has 1 rings (SSSR count). The fourth-order valence-corrected chi connectivity index (χ4v) is 4.27. The molecule has 0 aliphatic carbocycles. The first-order valence-electron chi connectivity index (χ1n) is 5.02. The molecule has 1 aliphatic rings. The molecule has 1 heterocycles. The van der Waals surface area contributed by atoms with Crippen LogP contribution in [0.1, 0.15) is 26.2 Å². The highest BCUT2D eigenvalue weighted by molar-refractivity contribution is 7.91. The lowest BCUT2D eigenvalue weighted by molar-refractivity contribution is 0.371. The summed E-state index contributed by atoms with van der Waals surface area (Å²) in [5.74, 6) is -0.604. The van der Waals surface area contributed by atoms with Gasteiger partial charge in [-0.25, -0.2) is 8.42 Å². The van der Waals surface area contributed by atoms with Crippen LogP contribution in [0.4, 0.5) is 0 Å². The number of hydrogen-bond acceptors (Lipinski definition) is 4. The molecule has 0 radical (unpaired) electrons. The lowest BCUT2D eigenvalue weighted by atomic mass is 9.78. The van der Waals surface area contributed by atoms with Crippen LogP contribution in [0.2, 0.25) is 0 Å². The van der Waals surface area contributed by atoms with Crippen LogP contribution in [0.3, 0.4) is 0 Å². The maximum atomic E-state index is 11.4. The molecule has 5 heteroatoms. The smallest absolute Gasteiger partial charge is 0.161 e. The minimum Gasteiger partial charge on any atom is -0.229 e. The third-order valence-corrected chi connectivity index (χ3v) is 4.71. The SMILES string of the molecule is CCCCC1CS(=O)(=O)CC1(C#N)C#N. The molecule has 1 atom stereocenters. The molecule has 0 saturated carbocycles. The van der Waals surface area contributed by atoms with Gasteiger partial charge in [0.1, 0.15) is 0 Å². The molecule has 0 bridgehead atoms. The topological polar surface area (TPSA) is 81.7 Å². The summed E-state index contributed by atoms with van der Waals surface area (Å²) >= 11 is 0.